The van der Waals surface area contributed by atoms with E-state index < -0.39 is 0 Å². The molecular weight excluding hydrogens is 264 g/mol. The largest absolute Gasteiger partial charge is 0.292 e. The summed E-state index contributed by atoms with van der Waals surface area (Å²) in [7, 11) is 0. The number of nitrogens with zero attached hydrogens (tertiary/aromatic N) is 2. The fourth-order valence-corrected chi connectivity index (χ4v) is 4.10. The molecule has 1 atom stereocenters. The minimum atomic E-state index is 0.431. The Morgan fingerprint density at radius 1 is 1.44 bits per heavy atom. The molecule has 2 rings (SSSR count). The third-order valence-electron chi connectivity index (χ3n) is 3.97. The van der Waals surface area contributed by atoms with Crippen molar-refractivity contribution in [1.29, 1.82) is 0 Å². The van der Waals surface area contributed by atoms with Crippen LogP contribution in [-0.4, -0.2) is 22.5 Å². The van der Waals surface area contributed by atoms with Gasteiger partial charge in [0.05, 0.1) is 17.6 Å². The molecule has 1 heterocycles. The first-order valence-corrected chi connectivity index (χ1v) is 8.43. The highest BCUT2D eigenvalue weighted by Crippen LogP contribution is 2.31. The van der Waals surface area contributed by atoms with E-state index in [1.807, 2.05) is 0 Å². The van der Waals surface area contributed by atoms with Crippen LogP contribution in [0.1, 0.15) is 62.7 Å². The predicted molar refractivity (Wildman–Crippen MR) is 79.3 cm³/mol. The maximum atomic E-state index is 5.84. The summed E-state index contributed by atoms with van der Waals surface area (Å²) in [6, 6.07) is 1.18. The zero-order valence-corrected chi connectivity index (χ0v) is 12.9. The third kappa shape index (κ3) is 3.25. The summed E-state index contributed by atoms with van der Waals surface area (Å²) < 4.78 is 0. The van der Waals surface area contributed by atoms with Crippen molar-refractivity contribution in [3.63, 3.8) is 0 Å². The number of rotatable bonds is 5. The van der Waals surface area contributed by atoms with E-state index in [4.69, 9.17) is 11.6 Å². The van der Waals surface area contributed by atoms with Gasteiger partial charge in [0.2, 0.25) is 0 Å². The molecule has 1 unspecified atom stereocenters. The molecule has 1 fully saturated rings. The summed E-state index contributed by atoms with van der Waals surface area (Å²) in [4.78, 5) is 7.26. The van der Waals surface area contributed by atoms with Crippen molar-refractivity contribution in [2.24, 2.45) is 0 Å². The summed E-state index contributed by atoms with van der Waals surface area (Å²) in [5.74, 6) is 0.527. The summed E-state index contributed by atoms with van der Waals surface area (Å²) in [6.45, 7) is 5.66. The van der Waals surface area contributed by atoms with Gasteiger partial charge in [-0.2, -0.15) is 0 Å². The van der Waals surface area contributed by atoms with Crippen LogP contribution in [0.3, 0.4) is 0 Å². The van der Waals surface area contributed by atoms with Gasteiger partial charge in [-0.1, -0.05) is 26.2 Å². The summed E-state index contributed by atoms with van der Waals surface area (Å²) in [5, 5.41) is 3.31. The number of alkyl halides is 1. The zero-order valence-electron chi connectivity index (χ0n) is 11.4. The van der Waals surface area contributed by atoms with E-state index >= 15 is 0 Å². The van der Waals surface area contributed by atoms with E-state index in [9.17, 15) is 0 Å². The number of aromatic nitrogens is 1. The summed E-state index contributed by atoms with van der Waals surface area (Å²) in [6.07, 6.45) is 6.89. The molecule has 1 saturated carbocycles. The Kier molecular flexibility index (Phi) is 5.46. The van der Waals surface area contributed by atoms with Crippen LogP contribution in [0.15, 0.2) is 5.38 Å². The Balaban J connectivity index is 2.06. The van der Waals surface area contributed by atoms with Gasteiger partial charge in [0.1, 0.15) is 5.01 Å². The Morgan fingerprint density at radius 2 is 2.17 bits per heavy atom. The molecule has 4 heteroatoms. The lowest BCUT2D eigenvalue weighted by atomic mass is 9.93. The van der Waals surface area contributed by atoms with Crippen LogP contribution in [-0.2, 0) is 5.88 Å². The molecule has 0 bridgehead atoms. The topological polar surface area (TPSA) is 16.1 Å². The van der Waals surface area contributed by atoms with Crippen LogP contribution in [0.4, 0.5) is 0 Å². The molecule has 0 saturated heterocycles. The lowest BCUT2D eigenvalue weighted by molar-refractivity contribution is 0.119. The van der Waals surface area contributed by atoms with Crippen LogP contribution in [0, 0.1) is 0 Å². The molecule has 18 heavy (non-hydrogen) atoms. The van der Waals surface area contributed by atoms with Crippen molar-refractivity contribution < 1.29 is 0 Å². The Labute approximate surface area is 119 Å². The van der Waals surface area contributed by atoms with E-state index in [-0.39, 0.29) is 0 Å². The molecule has 0 spiro atoms. The molecule has 0 N–H and O–H groups in total. The summed E-state index contributed by atoms with van der Waals surface area (Å²) in [5.41, 5.74) is 1.02. The predicted octanol–water partition coefficient (Wildman–Crippen LogP) is 4.60. The molecule has 1 aromatic rings. The average Bonchev–Trinajstić information content (AvgIpc) is 2.89. The lowest BCUT2D eigenvalue weighted by Gasteiger charge is -2.37. The third-order valence-corrected chi connectivity index (χ3v) is 5.31. The average molecular weight is 287 g/mol. The van der Waals surface area contributed by atoms with Gasteiger partial charge in [0.25, 0.3) is 0 Å². The van der Waals surface area contributed by atoms with E-state index in [1.165, 1.54) is 37.1 Å². The maximum Gasteiger partial charge on any atom is 0.110 e. The summed E-state index contributed by atoms with van der Waals surface area (Å²) >= 11 is 7.59. The Hall–Kier alpha value is -0.120. The van der Waals surface area contributed by atoms with Crippen LogP contribution >= 0.6 is 22.9 Å². The van der Waals surface area contributed by atoms with Gasteiger partial charge in [-0.3, -0.25) is 4.90 Å². The monoisotopic (exact) mass is 286 g/mol. The minimum absolute atomic E-state index is 0.431. The molecular formula is C14H23ClN2S. The first-order chi connectivity index (χ1) is 8.76. The second-order valence-corrected chi connectivity index (χ2v) is 6.27. The van der Waals surface area contributed by atoms with Crippen molar-refractivity contribution in [3.05, 3.63) is 16.1 Å². The van der Waals surface area contributed by atoms with Gasteiger partial charge < -0.3 is 0 Å². The van der Waals surface area contributed by atoms with E-state index in [2.05, 4.69) is 29.1 Å². The second kappa shape index (κ2) is 6.88. The smallest absolute Gasteiger partial charge is 0.110 e. The van der Waals surface area contributed by atoms with E-state index in [0.29, 0.717) is 11.9 Å². The molecule has 0 radical (unpaired) electrons. The highest BCUT2D eigenvalue weighted by Gasteiger charge is 2.26. The highest BCUT2D eigenvalue weighted by molar-refractivity contribution is 7.09. The fraction of sp³-hybridized carbons (Fsp3) is 0.786. The standard InChI is InChI=1S/C14H23ClN2S/c1-3-17(13-7-5-4-6-8-13)11(2)14-16-12(9-15)10-18-14/h10-11,13H,3-9H2,1-2H3. The zero-order chi connectivity index (χ0) is 13.0. The van der Waals surface area contributed by atoms with Gasteiger partial charge in [-0.05, 0) is 26.3 Å². The van der Waals surface area contributed by atoms with Crippen molar-refractivity contribution >= 4 is 22.9 Å². The minimum Gasteiger partial charge on any atom is -0.292 e. The first-order valence-electron chi connectivity index (χ1n) is 7.02. The Bertz CT molecular complexity index is 360. The van der Waals surface area contributed by atoms with Gasteiger partial charge in [0, 0.05) is 11.4 Å². The molecule has 2 nitrogen and oxygen atoms in total. The van der Waals surface area contributed by atoms with Crippen molar-refractivity contribution in [2.45, 2.75) is 63.9 Å². The first kappa shape index (κ1) is 14.3. The molecule has 0 amide bonds. The highest BCUT2D eigenvalue weighted by atomic mass is 35.5. The number of hydrogen-bond acceptors (Lipinski definition) is 3. The number of thiazole rings is 1. The Morgan fingerprint density at radius 3 is 2.72 bits per heavy atom. The maximum absolute atomic E-state index is 5.84. The molecule has 102 valence electrons. The number of hydrogen-bond donors (Lipinski definition) is 0. The molecule has 0 aliphatic heterocycles. The molecule has 1 aliphatic carbocycles. The van der Waals surface area contributed by atoms with Gasteiger partial charge >= 0.3 is 0 Å². The van der Waals surface area contributed by atoms with Crippen LogP contribution < -0.4 is 0 Å². The molecule has 0 aromatic carbocycles. The number of halogens is 1. The van der Waals surface area contributed by atoms with Gasteiger partial charge in [-0.25, -0.2) is 4.98 Å². The fourth-order valence-electron chi connectivity index (χ4n) is 2.98. The quantitative estimate of drug-likeness (QED) is 0.736. The van der Waals surface area contributed by atoms with Gasteiger partial charge in [-0.15, -0.1) is 22.9 Å². The van der Waals surface area contributed by atoms with Crippen LogP contribution in [0.25, 0.3) is 0 Å². The SMILES string of the molecule is CCN(C1CCCCC1)C(C)c1nc(CCl)cs1. The van der Waals surface area contributed by atoms with Crippen LogP contribution in [0.5, 0.6) is 0 Å². The van der Waals surface area contributed by atoms with E-state index in [1.54, 1.807) is 11.3 Å². The molecule has 1 aliphatic rings. The van der Waals surface area contributed by atoms with Crippen molar-refractivity contribution in [1.82, 2.24) is 9.88 Å². The second-order valence-electron chi connectivity index (χ2n) is 5.11. The van der Waals surface area contributed by atoms with Crippen molar-refractivity contribution in [3.8, 4) is 0 Å². The lowest BCUT2D eigenvalue weighted by Crippen LogP contribution is -2.38. The van der Waals surface area contributed by atoms with E-state index in [0.717, 1.165) is 18.3 Å². The van der Waals surface area contributed by atoms with Gasteiger partial charge in [0.15, 0.2) is 0 Å². The van der Waals surface area contributed by atoms with Crippen LogP contribution in [0.2, 0.25) is 0 Å². The molecule has 1 aromatic heterocycles. The van der Waals surface area contributed by atoms with Crippen molar-refractivity contribution in [2.75, 3.05) is 6.54 Å². The normalized spacial score (nSPS) is 19.3.